The Morgan fingerprint density at radius 1 is 1.56 bits per heavy atom. The second kappa shape index (κ2) is 4.76. The number of pyridine rings is 1. The summed E-state index contributed by atoms with van der Waals surface area (Å²) < 4.78 is 0. The molecule has 86 valence electrons. The van der Waals surface area contributed by atoms with Crippen LogP contribution in [0.2, 0.25) is 0 Å². The van der Waals surface area contributed by atoms with Crippen molar-refractivity contribution in [1.29, 1.82) is 0 Å². The largest absolute Gasteiger partial charge is 0.395 e. The molecule has 1 aromatic rings. The Balaban J connectivity index is 2.14. The zero-order chi connectivity index (χ0) is 11.5. The van der Waals surface area contributed by atoms with Crippen molar-refractivity contribution in [3.8, 4) is 0 Å². The van der Waals surface area contributed by atoms with Gasteiger partial charge in [0.25, 0.3) is 0 Å². The first-order valence-corrected chi connectivity index (χ1v) is 5.76. The maximum atomic E-state index is 9.01. The van der Waals surface area contributed by atoms with Gasteiger partial charge in [-0.1, -0.05) is 12.2 Å². The third-order valence-corrected chi connectivity index (χ3v) is 2.87. The number of nitrogens with zero attached hydrogens (tertiary/aromatic N) is 2. The van der Waals surface area contributed by atoms with Gasteiger partial charge in [0.15, 0.2) is 0 Å². The van der Waals surface area contributed by atoms with Gasteiger partial charge in [-0.15, -0.1) is 0 Å². The minimum absolute atomic E-state index is 0.160. The summed E-state index contributed by atoms with van der Waals surface area (Å²) in [4.78, 5) is 6.69. The molecule has 0 unspecified atom stereocenters. The molecule has 0 aromatic carbocycles. The van der Waals surface area contributed by atoms with Crippen molar-refractivity contribution < 1.29 is 5.11 Å². The van der Waals surface area contributed by atoms with Crippen LogP contribution in [0, 0.1) is 0 Å². The van der Waals surface area contributed by atoms with E-state index >= 15 is 0 Å². The van der Waals surface area contributed by atoms with Crippen LogP contribution in [0.5, 0.6) is 0 Å². The fourth-order valence-electron chi connectivity index (χ4n) is 1.72. The molecule has 0 bridgehead atoms. The predicted octanol–water partition coefficient (Wildman–Crippen LogP) is 0.677. The fraction of sp³-hybridized carbons (Fsp3) is 0.455. The molecule has 0 amide bonds. The summed E-state index contributed by atoms with van der Waals surface area (Å²) in [6.45, 7) is 0.812. The number of aliphatic hydroxyl groups excluding tert-OH is 1. The Morgan fingerprint density at radius 2 is 2.31 bits per heavy atom. The number of anilines is 1. The highest BCUT2D eigenvalue weighted by Crippen LogP contribution is 2.30. The Hall–Kier alpha value is -1.20. The molecular formula is C11H15N3OS. The monoisotopic (exact) mass is 237 g/mol. The maximum absolute atomic E-state index is 9.01. The van der Waals surface area contributed by atoms with Crippen LogP contribution in [0.15, 0.2) is 18.3 Å². The second-order valence-electron chi connectivity index (χ2n) is 3.91. The van der Waals surface area contributed by atoms with Crippen LogP contribution in [0.3, 0.4) is 0 Å². The second-order valence-corrected chi connectivity index (χ2v) is 4.35. The molecule has 0 spiro atoms. The van der Waals surface area contributed by atoms with Crippen molar-refractivity contribution in [2.45, 2.75) is 18.9 Å². The molecule has 1 aliphatic carbocycles. The van der Waals surface area contributed by atoms with Crippen molar-refractivity contribution in [2.24, 2.45) is 5.73 Å². The van der Waals surface area contributed by atoms with Gasteiger partial charge in [0.1, 0.15) is 4.99 Å². The van der Waals surface area contributed by atoms with E-state index in [1.165, 1.54) is 12.8 Å². The molecule has 0 atom stereocenters. The van der Waals surface area contributed by atoms with E-state index in [0.717, 1.165) is 5.69 Å². The van der Waals surface area contributed by atoms with E-state index in [1.54, 1.807) is 6.20 Å². The number of rotatable bonds is 5. The molecule has 1 saturated carbocycles. The number of hydrogen-bond acceptors (Lipinski definition) is 4. The predicted molar refractivity (Wildman–Crippen MR) is 67.6 cm³/mol. The highest BCUT2D eigenvalue weighted by atomic mass is 32.1. The van der Waals surface area contributed by atoms with Crippen LogP contribution in [-0.2, 0) is 0 Å². The lowest BCUT2D eigenvalue weighted by Gasteiger charge is -2.23. The molecular weight excluding hydrogens is 222 g/mol. The van der Waals surface area contributed by atoms with Crippen molar-refractivity contribution in [3.05, 3.63) is 24.0 Å². The highest BCUT2D eigenvalue weighted by Gasteiger charge is 2.28. The molecule has 1 fully saturated rings. The molecule has 1 aliphatic rings. The average Bonchev–Trinajstić information content (AvgIpc) is 3.10. The zero-order valence-corrected chi connectivity index (χ0v) is 9.78. The van der Waals surface area contributed by atoms with Crippen LogP contribution in [-0.4, -0.2) is 34.3 Å². The van der Waals surface area contributed by atoms with Crippen LogP contribution >= 0.6 is 12.2 Å². The first kappa shape index (κ1) is 11.3. The van der Waals surface area contributed by atoms with E-state index in [4.69, 9.17) is 23.1 Å². The van der Waals surface area contributed by atoms with E-state index in [-0.39, 0.29) is 6.61 Å². The van der Waals surface area contributed by atoms with Gasteiger partial charge in [-0.25, -0.2) is 0 Å². The molecule has 0 aliphatic heterocycles. The third kappa shape index (κ3) is 2.48. The summed E-state index contributed by atoms with van der Waals surface area (Å²) in [5.74, 6) is 0. The van der Waals surface area contributed by atoms with Crippen molar-refractivity contribution in [3.63, 3.8) is 0 Å². The van der Waals surface area contributed by atoms with Gasteiger partial charge in [0.05, 0.1) is 24.2 Å². The topological polar surface area (TPSA) is 62.4 Å². The molecule has 3 N–H and O–H groups in total. The standard InChI is InChI=1S/C11H15N3OS/c12-11(16)10-4-3-9(7-13-10)14(5-6-15)8-1-2-8/h3-4,7-8,15H,1-2,5-6H2,(H2,12,16). The van der Waals surface area contributed by atoms with Crippen LogP contribution in [0.25, 0.3) is 0 Å². The zero-order valence-electron chi connectivity index (χ0n) is 8.97. The Kier molecular flexibility index (Phi) is 3.36. The lowest BCUT2D eigenvalue weighted by Crippen LogP contribution is -2.29. The van der Waals surface area contributed by atoms with Gasteiger partial charge < -0.3 is 15.7 Å². The van der Waals surface area contributed by atoms with Crippen molar-refractivity contribution in [1.82, 2.24) is 4.98 Å². The fourth-order valence-corrected chi connectivity index (χ4v) is 1.84. The normalized spacial score (nSPS) is 14.8. The van der Waals surface area contributed by atoms with Crippen molar-refractivity contribution >= 4 is 22.9 Å². The van der Waals surface area contributed by atoms with Crippen LogP contribution in [0.4, 0.5) is 5.69 Å². The average molecular weight is 237 g/mol. The molecule has 0 saturated heterocycles. The molecule has 1 heterocycles. The van der Waals surface area contributed by atoms with Gasteiger partial charge in [0.2, 0.25) is 0 Å². The van der Waals surface area contributed by atoms with E-state index in [2.05, 4.69) is 9.88 Å². The summed E-state index contributed by atoms with van der Waals surface area (Å²) in [5, 5.41) is 9.01. The molecule has 5 heteroatoms. The molecule has 16 heavy (non-hydrogen) atoms. The van der Waals surface area contributed by atoms with Crippen LogP contribution in [0.1, 0.15) is 18.5 Å². The van der Waals surface area contributed by atoms with E-state index in [1.807, 2.05) is 12.1 Å². The number of aliphatic hydroxyl groups is 1. The SMILES string of the molecule is NC(=S)c1ccc(N(CCO)C2CC2)cn1. The minimum Gasteiger partial charge on any atom is -0.395 e. The van der Waals surface area contributed by atoms with Gasteiger partial charge in [0, 0.05) is 12.6 Å². The quantitative estimate of drug-likeness (QED) is 0.737. The first-order chi connectivity index (χ1) is 7.72. The van der Waals surface area contributed by atoms with Gasteiger partial charge in [-0.2, -0.15) is 0 Å². The van der Waals surface area contributed by atoms with Gasteiger partial charge in [-0.3, -0.25) is 4.98 Å². The Morgan fingerprint density at radius 3 is 2.75 bits per heavy atom. The van der Waals surface area contributed by atoms with E-state index in [0.29, 0.717) is 23.3 Å². The van der Waals surface area contributed by atoms with Gasteiger partial charge in [-0.05, 0) is 25.0 Å². The Bertz CT molecular complexity index is 375. The minimum atomic E-state index is 0.160. The first-order valence-electron chi connectivity index (χ1n) is 5.35. The summed E-state index contributed by atoms with van der Waals surface area (Å²) in [7, 11) is 0. The summed E-state index contributed by atoms with van der Waals surface area (Å²) in [5.41, 5.74) is 7.15. The molecule has 1 aromatic heterocycles. The Labute approximate surface area is 100 Å². The maximum Gasteiger partial charge on any atom is 0.122 e. The number of nitrogens with two attached hydrogens (primary N) is 1. The molecule has 4 nitrogen and oxygen atoms in total. The number of aromatic nitrogens is 1. The molecule has 0 radical (unpaired) electrons. The molecule has 2 rings (SSSR count). The summed E-state index contributed by atoms with van der Waals surface area (Å²) in [6, 6.07) is 4.34. The lowest BCUT2D eigenvalue weighted by atomic mass is 10.3. The van der Waals surface area contributed by atoms with Gasteiger partial charge >= 0.3 is 0 Å². The third-order valence-electron chi connectivity index (χ3n) is 2.66. The lowest BCUT2D eigenvalue weighted by molar-refractivity contribution is 0.301. The van der Waals surface area contributed by atoms with E-state index < -0.39 is 0 Å². The van der Waals surface area contributed by atoms with Crippen LogP contribution < -0.4 is 10.6 Å². The number of thiocarbonyl (C=S) groups is 1. The number of hydrogen-bond donors (Lipinski definition) is 2. The summed E-state index contributed by atoms with van der Waals surface area (Å²) >= 11 is 4.85. The van der Waals surface area contributed by atoms with E-state index in [9.17, 15) is 0 Å². The summed E-state index contributed by atoms with van der Waals surface area (Å²) in [6.07, 6.45) is 4.15. The smallest absolute Gasteiger partial charge is 0.122 e. The van der Waals surface area contributed by atoms with Crippen molar-refractivity contribution in [2.75, 3.05) is 18.1 Å². The highest BCUT2D eigenvalue weighted by molar-refractivity contribution is 7.80.